The number of piperazine rings is 1. The average Bonchev–Trinajstić information content (AvgIpc) is 2.35. The van der Waals surface area contributed by atoms with Gasteiger partial charge >= 0.3 is 0 Å². The number of nitrogens with two attached hydrogens (primary N) is 1. The summed E-state index contributed by atoms with van der Waals surface area (Å²) < 4.78 is 0. The Balaban J connectivity index is 1.90. The predicted octanol–water partition coefficient (Wildman–Crippen LogP) is 1.40. The van der Waals surface area contributed by atoms with Crippen LogP contribution in [0, 0.1) is 0 Å². The molecule has 0 unspecified atom stereocenters. The van der Waals surface area contributed by atoms with Crippen LogP contribution in [0.1, 0.15) is 5.56 Å². The van der Waals surface area contributed by atoms with Crippen LogP contribution < -0.4 is 5.73 Å². The number of rotatable bonds is 3. The molecule has 0 aliphatic carbocycles. The van der Waals surface area contributed by atoms with Crippen LogP contribution in [0.4, 0.5) is 0 Å². The number of halogens is 1. The molecule has 0 spiro atoms. The molecular formula is C13H19ClN4. The van der Waals surface area contributed by atoms with E-state index in [4.69, 9.17) is 17.3 Å². The smallest absolute Gasteiger partial charge is 0.124 e. The lowest BCUT2D eigenvalue weighted by atomic mass is 10.1. The summed E-state index contributed by atoms with van der Waals surface area (Å²) in [7, 11) is 2.12. The molecule has 1 aliphatic heterocycles. The second-order valence-corrected chi connectivity index (χ2v) is 5.09. The highest BCUT2D eigenvalue weighted by Gasteiger charge is 2.12. The van der Waals surface area contributed by atoms with Gasteiger partial charge in [-0.15, -0.1) is 0 Å². The number of hydrogen-bond donors (Lipinski definition) is 1. The third-order valence-corrected chi connectivity index (χ3v) is 3.30. The Hall–Kier alpha value is -1.26. The van der Waals surface area contributed by atoms with Crippen molar-refractivity contribution in [2.75, 3.05) is 33.2 Å². The Morgan fingerprint density at radius 1 is 1.22 bits per heavy atom. The number of likely N-dealkylation sites (N-methyl/N-ethyl adjacent to an activating group) is 1. The van der Waals surface area contributed by atoms with Crippen LogP contribution in [0.25, 0.3) is 0 Å². The molecule has 0 saturated carbocycles. The van der Waals surface area contributed by atoms with Gasteiger partial charge in [-0.25, -0.2) is 0 Å². The van der Waals surface area contributed by atoms with Crippen molar-refractivity contribution < 1.29 is 0 Å². The zero-order valence-electron chi connectivity index (χ0n) is 10.6. The van der Waals surface area contributed by atoms with Gasteiger partial charge in [0.05, 0.1) is 0 Å². The van der Waals surface area contributed by atoms with Crippen molar-refractivity contribution in [3.63, 3.8) is 0 Å². The van der Waals surface area contributed by atoms with Crippen LogP contribution >= 0.6 is 11.6 Å². The van der Waals surface area contributed by atoms with Crippen molar-refractivity contribution in [1.29, 1.82) is 0 Å². The zero-order chi connectivity index (χ0) is 13.0. The van der Waals surface area contributed by atoms with Crippen LogP contribution in [-0.2, 0) is 6.42 Å². The van der Waals surface area contributed by atoms with E-state index in [9.17, 15) is 0 Å². The Bertz CT molecular complexity index is 408. The van der Waals surface area contributed by atoms with Crippen molar-refractivity contribution >= 4 is 17.4 Å². The molecule has 0 bridgehead atoms. The highest BCUT2D eigenvalue weighted by Crippen LogP contribution is 2.10. The number of amidine groups is 1. The molecule has 5 heteroatoms. The Morgan fingerprint density at radius 3 is 2.44 bits per heavy atom. The van der Waals surface area contributed by atoms with Gasteiger partial charge in [-0.3, -0.25) is 5.01 Å². The fourth-order valence-electron chi connectivity index (χ4n) is 1.92. The van der Waals surface area contributed by atoms with Crippen LogP contribution in [0.5, 0.6) is 0 Å². The van der Waals surface area contributed by atoms with E-state index >= 15 is 0 Å². The van der Waals surface area contributed by atoms with E-state index in [-0.39, 0.29) is 0 Å². The zero-order valence-corrected chi connectivity index (χ0v) is 11.4. The largest absolute Gasteiger partial charge is 0.385 e. The van der Waals surface area contributed by atoms with Crippen molar-refractivity contribution in [2.24, 2.45) is 10.8 Å². The van der Waals surface area contributed by atoms with Gasteiger partial charge in [0.25, 0.3) is 0 Å². The monoisotopic (exact) mass is 266 g/mol. The maximum Gasteiger partial charge on any atom is 0.124 e. The minimum Gasteiger partial charge on any atom is -0.385 e. The van der Waals surface area contributed by atoms with Crippen molar-refractivity contribution in [3.8, 4) is 0 Å². The second kappa shape index (κ2) is 6.07. The fourth-order valence-corrected chi connectivity index (χ4v) is 2.05. The molecule has 0 atom stereocenters. The van der Waals surface area contributed by atoms with E-state index in [0.29, 0.717) is 12.3 Å². The quantitative estimate of drug-likeness (QED) is 0.665. The van der Waals surface area contributed by atoms with Crippen LogP contribution in [0.3, 0.4) is 0 Å². The highest BCUT2D eigenvalue weighted by atomic mass is 35.5. The molecule has 2 N–H and O–H groups in total. The van der Waals surface area contributed by atoms with Gasteiger partial charge < -0.3 is 10.6 Å². The summed E-state index contributed by atoms with van der Waals surface area (Å²) in [6.45, 7) is 3.96. The summed E-state index contributed by atoms with van der Waals surface area (Å²) in [6.07, 6.45) is 0.670. The number of hydrogen-bond acceptors (Lipinski definition) is 3. The molecule has 1 fully saturated rings. The third kappa shape index (κ3) is 3.89. The van der Waals surface area contributed by atoms with Gasteiger partial charge in [-0.2, -0.15) is 5.10 Å². The van der Waals surface area contributed by atoms with Gasteiger partial charge in [-0.1, -0.05) is 23.7 Å². The lowest BCUT2D eigenvalue weighted by Crippen LogP contribution is -2.42. The summed E-state index contributed by atoms with van der Waals surface area (Å²) >= 11 is 5.84. The second-order valence-electron chi connectivity index (χ2n) is 4.65. The highest BCUT2D eigenvalue weighted by molar-refractivity contribution is 6.30. The number of nitrogens with zero attached hydrogens (tertiary/aromatic N) is 3. The summed E-state index contributed by atoms with van der Waals surface area (Å²) in [5, 5.41) is 7.25. The Kier molecular flexibility index (Phi) is 4.44. The molecule has 0 amide bonds. The van der Waals surface area contributed by atoms with Gasteiger partial charge in [-0.05, 0) is 24.7 Å². The predicted molar refractivity (Wildman–Crippen MR) is 75.8 cm³/mol. The van der Waals surface area contributed by atoms with Gasteiger partial charge in [0.15, 0.2) is 0 Å². The third-order valence-electron chi connectivity index (χ3n) is 3.05. The van der Waals surface area contributed by atoms with Crippen LogP contribution in [-0.4, -0.2) is 49.0 Å². The maximum absolute atomic E-state index is 5.97. The molecule has 1 saturated heterocycles. The first-order valence-electron chi connectivity index (χ1n) is 6.14. The minimum atomic E-state index is 0.655. The van der Waals surface area contributed by atoms with Crippen LogP contribution in [0.15, 0.2) is 29.4 Å². The molecule has 4 nitrogen and oxygen atoms in total. The SMILES string of the molecule is CN1CCN(/N=C(\N)Cc2ccc(Cl)cc2)CC1. The van der Waals surface area contributed by atoms with Crippen molar-refractivity contribution in [3.05, 3.63) is 34.9 Å². The first-order chi connectivity index (χ1) is 8.63. The first kappa shape index (κ1) is 13.2. The van der Waals surface area contributed by atoms with E-state index in [1.807, 2.05) is 29.3 Å². The molecule has 0 radical (unpaired) electrons. The molecule has 1 aromatic carbocycles. The fraction of sp³-hybridized carbons (Fsp3) is 0.462. The van der Waals surface area contributed by atoms with Gasteiger partial charge in [0.2, 0.25) is 0 Å². The summed E-state index contributed by atoms with van der Waals surface area (Å²) in [5.41, 5.74) is 7.11. The summed E-state index contributed by atoms with van der Waals surface area (Å²) in [4.78, 5) is 2.29. The molecule has 1 heterocycles. The van der Waals surface area contributed by atoms with Crippen LogP contribution in [0.2, 0.25) is 5.02 Å². The maximum atomic E-state index is 5.97. The molecule has 18 heavy (non-hydrogen) atoms. The van der Waals surface area contributed by atoms with E-state index in [2.05, 4.69) is 17.0 Å². The molecule has 1 aromatic rings. The van der Waals surface area contributed by atoms with Crippen molar-refractivity contribution in [1.82, 2.24) is 9.91 Å². The average molecular weight is 267 g/mol. The summed E-state index contributed by atoms with van der Waals surface area (Å²) in [5.74, 6) is 0.655. The van der Waals surface area contributed by atoms with E-state index in [1.165, 1.54) is 0 Å². The number of hydrazone groups is 1. The van der Waals surface area contributed by atoms with Gasteiger partial charge in [0, 0.05) is 37.6 Å². The van der Waals surface area contributed by atoms with E-state index < -0.39 is 0 Å². The molecule has 2 rings (SSSR count). The van der Waals surface area contributed by atoms with Gasteiger partial charge in [0.1, 0.15) is 5.84 Å². The molecule has 1 aliphatic rings. The number of benzene rings is 1. The summed E-state index contributed by atoms with van der Waals surface area (Å²) in [6, 6.07) is 7.71. The normalized spacial score (nSPS) is 18.1. The standard InChI is InChI=1S/C13H19ClN4/c1-17-6-8-18(9-7-17)16-13(15)10-11-2-4-12(14)5-3-11/h2-5H,6-10H2,1H3,(H2,15,16). The van der Waals surface area contributed by atoms with E-state index in [1.54, 1.807) is 0 Å². The first-order valence-corrected chi connectivity index (χ1v) is 6.52. The Labute approximate surface area is 113 Å². The van der Waals surface area contributed by atoms with E-state index in [0.717, 1.165) is 36.8 Å². The minimum absolute atomic E-state index is 0.655. The lowest BCUT2D eigenvalue weighted by Gasteiger charge is -2.30. The Morgan fingerprint density at radius 2 is 1.83 bits per heavy atom. The molecule has 0 aromatic heterocycles. The molecule has 98 valence electrons. The molecular weight excluding hydrogens is 248 g/mol. The topological polar surface area (TPSA) is 44.9 Å². The lowest BCUT2D eigenvalue weighted by molar-refractivity contribution is 0.158. The van der Waals surface area contributed by atoms with Crippen molar-refractivity contribution in [2.45, 2.75) is 6.42 Å².